The van der Waals surface area contributed by atoms with Gasteiger partial charge in [0.05, 0.1) is 18.1 Å². The molecule has 0 aliphatic heterocycles. The lowest BCUT2D eigenvalue weighted by Gasteiger charge is -2.56. The van der Waals surface area contributed by atoms with Gasteiger partial charge in [0.25, 0.3) is 0 Å². The van der Waals surface area contributed by atoms with Gasteiger partial charge in [-0.05, 0) is 43.4 Å². The SMILES string of the molecule is CC#C[C@]12C=C(C#N)C(=O)C=C1[C@@]1(C)C=C(C(=O)OC)C(=O)C(C)(C)[C@@H]1CC2. The van der Waals surface area contributed by atoms with Crippen molar-refractivity contribution >= 4 is 17.5 Å². The first-order chi connectivity index (χ1) is 13.1. The molecule has 0 radical (unpaired) electrons. The van der Waals surface area contributed by atoms with E-state index in [9.17, 15) is 19.6 Å². The molecule has 1 saturated carbocycles. The van der Waals surface area contributed by atoms with Crippen LogP contribution < -0.4 is 0 Å². The van der Waals surface area contributed by atoms with Gasteiger partial charge in [-0.2, -0.15) is 5.26 Å². The highest BCUT2D eigenvalue weighted by atomic mass is 16.5. The van der Waals surface area contributed by atoms with Gasteiger partial charge < -0.3 is 4.74 Å². The molecule has 0 unspecified atom stereocenters. The van der Waals surface area contributed by atoms with Crippen molar-refractivity contribution in [2.75, 3.05) is 7.11 Å². The fraction of sp³-hybridized carbons (Fsp3) is 0.478. The van der Waals surface area contributed by atoms with Crippen molar-refractivity contribution in [2.45, 2.75) is 40.5 Å². The Bertz CT molecular complexity index is 992. The molecule has 5 heteroatoms. The first-order valence-electron chi connectivity index (χ1n) is 9.27. The molecule has 5 nitrogen and oxygen atoms in total. The molecule has 0 N–H and O–H groups in total. The van der Waals surface area contributed by atoms with Crippen LogP contribution in [0.1, 0.15) is 40.5 Å². The van der Waals surface area contributed by atoms with Crippen LogP contribution in [0.25, 0.3) is 0 Å². The molecule has 0 aromatic heterocycles. The number of hydrogen-bond acceptors (Lipinski definition) is 5. The number of Topliss-reactive ketones (excluding diaryl/α,β-unsaturated/α-hetero) is 1. The number of carbonyl (C=O) groups is 3. The summed E-state index contributed by atoms with van der Waals surface area (Å²) in [5.41, 5.74) is -1.46. The minimum Gasteiger partial charge on any atom is -0.465 e. The lowest BCUT2D eigenvalue weighted by Crippen LogP contribution is -2.54. The maximum Gasteiger partial charge on any atom is 0.341 e. The Balaban J connectivity index is 2.32. The fourth-order valence-electron chi connectivity index (χ4n) is 5.33. The van der Waals surface area contributed by atoms with Crippen molar-refractivity contribution in [3.63, 3.8) is 0 Å². The second-order valence-corrected chi connectivity index (χ2v) is 8.41. The first kappa shape index (κ1) is 19.8. The van der Waals surface area contributed by atoms with Gasteiger partial charge in [0, 0.05) is 10.8 Å². The molecule has 0 aromatic rings. The summed E-state index contributed by atoms with van der Waals surface area (Å²) in [6, 6.07) is 1.97. The highest BCUT2D eigenvalue weighted by Crippen LogP contribution is 2.63. The minimum atomic E-state index is -0.804. The molecule has 0 aromatic carbocycles. The average Bonchev–Trinajstić information content (AvgIpc) is 2.65. The van der Waals surface area contributed by atoms with Crippen molar-refractivity contribution in [1.82, 2.24) is 0 Å². The van der Waals surface area contributed by atoms with Crippen LogP contribution in [0.5, 0.6) is 0 Å². The van der Waals surface area contributed by atoms with Crippen LogP contribution >= 0.6 is 0 Å². The zero-order valence-corrected chi connectivity index (χ0v) is 16.8. The molecular weight excluding hydrogens is 354 g/mol. The molecule has 0 bridgehead atoms. The van der Waals surface area contributed by atoms with E-state index in [1.807, 2.05) is 26.8 Å². The van der Waals surface area contributed by atoms with Crippen molar-refractivity contribution in [3.05, 3.63) is 34.9 Å². The van der Waals surface area contributed by atoms with Gasteiger partial charge in [-0.1, -0.05) is 32.8 Å². The zero-order valence-electron chi connectivity index (χ0n) is 16.8. The monoisotopic (exact) mass is 377 g/mol. The van der Waals surface area contributed by atoms with Gasteiger partial charge in [0.1, 0.15) is 11.6 Å². The molecule has 3 aliphatic carbocycles. The number of esters is 1. The van der Waals surface area contributed by atoms with E-state index < -0.39 is 22.2 Å². The lowest BCUT2D eigenvalue weighted by atomic mass is 9.45. The van der Waals surface area contributed by atoms with Crippen LogP contribution in [-0.2, 0) is 19.1 Å². The Hall–Kier alpha value is -2.92. The van der Waals surface area contributed by atoms with Crippen LogP contribution in [0.4, 0.5) is 0 Å². The Morgan fingerprint density at radius 2 is 1.93 bits per heavy atom. The summed E-state index contributed by atoms with van der Waals surface area (Å²) < 4.78 is 4.85. The van der Waals surface area contributed by atoms with Gasteiger partial charge in [-0.15, -0.1) is 5.92 Å². The highest BCUT2D eigenvalue weighted by Gasteiger charge is 2.60. The summed E-state index contributed by atoms with van der Waals surface area (Å²) in [4.78, 5) is 37.9. The smallest absolute Gasteiger partial charge is 0.341 e. The predicted molar refractivity (Wildman–Crippen MR) is 102 cm³/mol. The van der Waals surface area contributed by atoms with Crippen molar-refractivity contribution in [2.24, 2.45) is 22.2 Å². The van der Waals surface area contributed by atoms with Crippen LogP contribution in [0, 0.1) is 45.3 Å². The molecule has 28 heavy (non-hydrogen) atoms. The van der Waals surface area contributed by atoms with E-state index >= 15 is 0 Å². The largest absolute Gasteiger partial charge is 0.465 e. The molecule has 0 spiro atoms. The number of nitriles is 1. The molecular formula is C23H23NO4. The summed E-state index contributed by atoms with van der Waals surface area (Å²) in [6.07, 6.45) is 6.10. The Kier molecular flexibility index (Phi) is 4.47. The van der Waals surface area contributed by atoms with E-state index in [1.165, 1.54) is 13.2 Å². The third kappa shape index (κ3) is 2.50. The maximum absolute atomic E-state index is 13.0. The van der Waals surface area contributed by atoms with Crippen molar-refractivity contribution < 1.29 is 19.1 Å². The van der Waals surface area contributed by atoms with Crippen LogP contribution in [0.3, 0.4) is 0 Å². The number of fused-ring (bicyclic) bond motifs is 3. The summed E-state index contributed by atoms with van der Waals surface area (Å²) in [5.74, 6) is 4.76. The standard InChI is InChI=1S/C23H23NO4/c1-6-8-23-9-7-17-21(2,3)19(26)15(20(27)28-5)12-22(17,4)18(23)10-16(25)14(11-23)13-24/h10-12,17H,7,9H2,1-5H3/t17-,22-,23-/m0/s1. The molecule has 3 aliphatic rings. The summed E-state index contributed by atoms with van der Waals surface area (Å²) in [5, 5.41) is 9.36. The van der Waals surface area contributed by atoms with E-state index in [1.54, 1.807) is 19.1 Å². The van der Waals surface area contributed by atoms with Gasteiger partial charge in [-0.25, -0.2) is 4.79 Å². The van der Waals surface area contributed by atoms with E-state index in [0.717, 1.165) is 5.57 Å². The summed E-state index contributed by atoms with van der Waals surface area (Å²) in [6.45, 7) is 7.36. The number of carbonyl (C=O) groups excluding carboxylic acids is 3. The summed E-state index contributed by atoms with van der Waals surface area (Å²) in [7, 11) is 1.25. The number of ketones is 2. The Labute approximate surface area is 165 Å². The normalized spacial score (nSPS) is 33.0. The average molecular weight is 377 g/mol. The first-order valence-corrected chi connectivity index (χ1v) is 9.27. The second-order valence-electron chi connectivity index (χ2n) is 8.41. The second kappa shape index (κ2) is 6.31. The minimum absolute atomic E-state index is 0.00918. The molecule has 0 saturated heterocycles. The molecule has 144 valence electrons. The third-order valence-electron chi connectivity index (χ3n) is 6.56. The molecule has 0 heterocycles. The molecule has 1 fully saturated rings. The quantitative estimate of drug-likeness (QED) is 0.398. The highest BCUT2D eigenvalue weighted by molar-refractivity contribution is 6.20. The number of methoxy groups -OCH3 is 1. The number of allylic oxidation sites excluding steroid dienone is 5. The molecule has 3 rings (SSSR count). The van der Waals surface area contributed by atoms with Crippen LogP contribution in [0.15, 0.2) is 34.9 Å². The molecule has 0 amide bonds. The maximum atomic E-state index is 13.0. The van der Waals surface area contributed by atoms with E-state index in [0.29, 0.717) is 12.8 Å². The van der Waals surface area contributed by atoms with Crippen molar-refractivity contribution in [3.8, 4) is 17.9 Å². The zero-order chi connectivity index (χ0) is 20.9. The lowest BCUT2D eigenvalue weighted by molar-refractivity contribution is -0.142. The molecule has 3 atom stereocenters. The Morgan fingerprint density at radius 1 is 1.25 bits per heavy atom. The predicted octanol–water partition coefficient (Wildman–Crippen LogP) is 3.08. The third-order valence-corrected chi connectivity index (χ3v) is 6.56. The van der Waals surface area contributed by atoms with E-state index in [-0.39, 0.29) is 28.6 Å². The van der Waals surface area contributed by atoms with Gasteiger partial charge >= 0.3 is 5.97 Å². The fourth-order valence-corrected chi connectivity index (χ4v) is 5.33. The Morgan fingerprint density at radius 3 is 2.50 bits per heavy atom. The van der Waals surface area contributed by atoms with Crippen LogP contribution in [0.2, 0.25) is 0 Å². The van der Waals surface area contributed by atoms with Gasteiger partial charge in [-0.3, -0.25) is 9.59 Å². The van der Waals surface area contributed by atoms with E-state index in [2.05, 4.69) is 11.8 Å². The van der Waals surface area contributed by atoms with Gasteiger partial charge in [0.2, 0.25) is 0 Å². The van der Waals surface area contributed by atoms with Crippen LogP contribution in [-0.4, -0.2) is 24.6 Å². The number of rotatable bonds is 1. The summed E-state index contributed by atoms with van der Waals surface area (Å²) >= 11 is 0. The number of ether oxygens (including phenoxy) is 1. The number of hydrogen-bond donors (Lipinski definition) is 0. The van der Waals surface area contributed by atoms with E-state index in [4.69, 9.17) is 4.74 Å². The van der Waals surface area contributed by atoms with Gasteiger partial charge in [0.15, 0.2) is 11.6 Å². The van der Waals surface area contributed by atoms with Crippen molar-refractivity contribution in [1.29, 1.82) is 5.26 Å². The number of nitrogens with zero attached hydrogens (tertiary/aromatic N) is 1. The topological polar surface area (TPSA) is 84.2 Å².